The molecule has 0 spiro atoms. The first kappa shape index (κ1) is 13.4. The molecule has 0 fully saturated rings. The number of benzene rings is 1. The van der Waals surface area contributed by atoms with Gasteiger partial charge in [-0.3, -0.25) is 4.79 Å². The van der Waals surface area contributed by atoms with Crippen LogP contribution in [-0.2, 0) is 0 Å². The van der Waals surface area contributed by atoms with Gasteiger partial charge in [-0.25, -0.2) is 13.8 Å². The lowest BCUT2D eigenvalue weighted by Gasteiger charge is -2.07. The van der Waals surface area contributed by atoms with Crippen molar-refractivity contribution in [2.24, 2.45) is 0 Å². The van der Waals surface area contributed by atoms with Crippen LogP contribution in [0.1, 0.15) is 15.9 Å². The lowest BCUT2D eigenvalue weighted by atomic mass is 10.1. The van der Waals surface area contributed by atoms with E-state index in [1.54, 1.807) is 0 Å². The Labute approximate surface area is 113 Å². The molecule has 0 aliphatic heterocycles. The van der Waals surface area contributed by atoms with E-state index in [0.29, 0.717) is 11.8 Å². The molecule has 3 nitrogen and oxygen atoms in total. The summed E-state index contributed by atoms with van der Waals surface area (Å²) in [5.41, 5.74) is 0.345. The van der Waals surface area contributed by atoms with Crippen LogP contribution in [0, 0.1) is 18.6 Å². The molecule has 0 aliphatic rings. The summed E-state index contributed by atoms with van der Waals surface area (Å²) in [6, 6.07) is 4.78. The molecular weight excluding hydrogens is 274 g/mol. The predicted octanol–water partition coefficient (Wildman–Crippen LogP) is 3.57. The van der Waals surface area contributed by atoms with Crippen LogP contribution in [0.5, 0.6) is 0 Å². The summed E-state index contributed by atoms with van der Waals surface area (Å²) in [5.74, 6) is -2.29. The van der Waals surface area contributed by atoms with E-state index >= 15 is 0 Å². The molecule has 19 heavy (non-hydrogen) atoms. The van der Waals surface area contributed by atoms with Crippen LogP contribution < -0.4 is 5.32 Å². The minimum absolute atomic E-state index is 0.194. The first-order chi connectivity index (χ1) is 8.97. The van der Waals surface area contributed by atoms with Crippen molar-refractivity contribution in [3.05, 3.63) is 58.4 Å². The molecule has 0 aliphatic carbocycles. The van der Waals surface area contributed by atoms with E-state index in [1.165, 1.54) is 25.3 Å². The van der Waals surface area contributed by atoms with Gasteiger partial charge >= 0.3 is 0 Å². The first-order valence-corrected chi connectivity index (χ1v) is 5.73. The summed E-state index contributed by atoms with van der Waals surface area (Å²) in [7, 11) is 0. The van der Waals surface area contributed by atoms with Crippen LogP contribution in [0.4, 0.5) is 14.5 Å². The molecule has 1 aromatic carbocycles. The van der Waals surface area contributed by atoms with Gasteiger partial charge in [-0.1, -0.05) is 11.6 Å². The number of amides is 1. The molecule has 0 saturated carbocycles. The Morgan fingerprint density at radius 1 is 1.26 bits per heavy atom. The van der Waals surface area contributed by atoms with E-state index in [1.807, 2.05) is 0 Å². The Morgan fingerprint density at radius 3 is 2.68 bits per heavy atom. The van der Waals surface area contributed by atoms with Gasteiger partial charge in [-0.15, -0.1) is 0 Å². The number of hydrogen-bond donors (Lipinski definition) is 1. The molecule has 1 heterocycles. The summed E-state index contributed by atoms with van der Waals surface area (Å²) in [4.78, 5) is 15.6. The van der Waals surface area contributed by atoms with Crippen molar-refractivity contribution in [2.75, 3.05) is 5.32 Å². The van der Waals surface area contributed by atoms with Gasteiger partial charge in [-0.05, 0) is 30.7 Å². The Balaban J connectivity index is 2.28. The largest absolute Gasteiger partial charge is 0.322 e. The van der Waals surface area contributed by atoms with Gasteiger partial charge in [0, 0.05) is 18.0 Å². The number of hydrogen-bond acceptors (Lipinski definition) is 2. The number of halogens is 3. The Morgan fingerprint density at radius 2 is 2.00 bits per heavy atom. The van der Waals surface area contributed by atoms with E-state index in [-0.39, 0.29) is 16.3 Å². The smallest absolute Gasteiger partial charge is 0.258 e. The van der Waals surface area contributed by atoms with Gasteiger partial charge in [0.25, 0.3) is 5.91 Å². The number of carbonyl (C=O) groups is 1. The van der Waals surface area contributed by atoms with E-state index in [0.717, 1.165) is 6.07 Å². The van der Waals surface area contributed by atoms with Gasteiger partial charge < -0.3 is 5.32 Å². The minimum Gasteiger partial charge on any atom is -0.322 e. The quantitative estimate of drug-likeness (QED) is 0.856. The predicted molar refractivity (Wildman–Crippen MR) is 68.3 cm³/mol. The molecule has 98 valence electrons. The molecule has 1 amide bonds. The van der Waals surface area contributed by atoms with E-state index in [2.05, 4.69) is 10.3 Å². The number of aromatic nitrogens is 1. The molecule has 0 unspecified atom stereocenters. The van der Waals surface area contributed by atoms with Crippen molar-refractivity contribution in [1.82, 2.24) is 4.98 Å². The molecule has 2 rings (SSSR count). The van der Waals surface area contributed by atoms with Crippen molar-refractivity contribution in [3.8, 4) is 0 Å². The SMILES string of the molecule is Cc1cc(C(=O)Nc2ccnc(Cl)c2)c(F)cc1F. The fourth-order valence-corrected chi connectivity index (χ4v) is 1.68. The summed E-state index contributed by atoms with van der Waals surface area (Å²) >= 11 is 5.67. The second kappa shape index (κ2) is 5.32. The average Bonchev–Trinajstić information content (AvgIpc) is 2.33. The second-order valence-electron chi connectivity index (χ2n) is 3.90. The maximum atomic E-state index is 13.5. The monoisotopic (exact) mass is 282 g/mol. The highest BCUT2D eigenvalue weighted by Crippen LogP contribution is 2.17. The van der Waals surface area contributed by atoms with Crippen LogP contribution in [0.15, 0.2) is 30.5 Å². The highest BCUT2D eigenvalue weighted by molar-refractivity contribution is 6.29. The third kappa shape index (κ3) is 3.06. The maximum absolute atomic E-state index is 13.5. The van der Waals surface area contributed by atoms with E-state index in [4.69, 9.17) is 11.6 Å². The normalized spacial score (nSPS) is 10.3. The summed E-state index contributed by atoms with van der Waals surface area (Å²) in [6.07, 6.45) is 1.41. The molecule has 0 radical (unpaired) electrons. The zero-order valence-corrected chi connectivity index (χ0v) is 10.6. The lowest BCUT2D eigenvalue weighted by Crippen LogP contribution is -2.14. The number of anilines is 1. The minimum atomic E-state index is -0.916. The highest BCUT2D eigenvalue weighted by atomic mass is 35.5. The lowest BCUT2D eigenvalue weighted by molar-refractivity contribution is 0.102. The number of nitrogens with zero attached hydrogens (tertiary/aromatic N) is 1. The number of aryl methyl sites for hydroxylation is 1. The zero-order valence-electron chi connectivity index (χ0n) is 9.88. The molecule has 1 N–H and O–H groups in total. The van der Waals surface area contributed by atoms with E-state index in [9.17, 15) is 13.6 Å². The van der Waals surface area contributed by atoms with Gasteiger partial charge in [-0.2, -0.15) is 0 Å². The van der Waals surface area contributed by atoms with Crippen molar-refractivity contribution in [1.29, 1.82) is 0 Å². The van der Waals surface area contributed by atoms with E-state index < -0.39 is 17.5 Å². The number of nitrogens with one attached hydrogen (secondary N) is 1. The molecule has 0 bridgehead atoms. The van der Waals surface area contributed by atoms with Crippen LogP contribution >= 0.6 is 11.6 Å². The Kier molecular flexibility index (Phi) is 3.76. The van der Waals surface area contributed by atoms with Crippen molar-refractivity contribution < 1.29 is 13.6 Å². The second-order valence-corrected chi connectivity index (χ2v) is 4.29. The first-order valence-electron chi connectivity index (χ1n) is 5.36. The van der Waals surface area contributed by atoms with Gasteiger partial charge in [0.1, 0.15) is 16.8 Å². The average molecular weight is 283 g/mol. The van der Waals surface area contributed by atoms with Gasteiger partial charge in [0.2, 0.25) is 0 Å². The summed E-state index contributed by atoms with van der Waals surface area (Å²) < 4.78 is 26.6. The molecule has 6 heteroatoms. The van der Waals surface area contributed by atoms with Crippen molar-refractivity contribution in [2.45, 2.75) is 6.92 Å². The van der Waals surface area contributed by atoms with Gasteiger partial charge in [0.15, 0.2) is 0 Å². The third-order valence-corrected chi connectivity index (χ3v) is 2.68. The summed E-state index contributed by atoms with van der Waals surface area (Å²) in [6.45, 7) is 1.45. The molecular formula is C13H9ClF2N2O. The van der Waals surface area contributed by atoms with Crippen LogP contribution in [0.2, 0.25) is 5.15 Å². The third-order valence-electron chi connectivity index (χ3n) is 2.48. The molecule has 0 atom stereocenters. The molecule has 2 aromatic rings. The zero-order chi connectivity index (χ0) is 14.0. The van der Waals surface area contributed by atoms with Crippen molar-refractivity contribution in [3.63, 3.8) is 0 Å². The number of rotatable bonds is 2. The Bertz CT molecular complexity index is 647. The summed E-state index contributed by atoms with van der Waals surface area (Å²) in [5, 5.41) is 2.66. The van der Waals surface area contributed by atoms with Gasteiger partial charge in [0.05, 0.1) is 5.56 Å². The number of carbonyl (C=O) groups excluding carboxylic acids is 1. The standard InChI is InChI=1S/C13H9ClF2N2O/c1-7-4-9(11(16)6-10(7)15)13(19)18-8-2-3-17-12(14)5-8/h2-6H,1H3,(H,17,18,19). The topological polar surface area (TPSA) is 42.0 Å². The fourth-order valence-electron chi connectivity index (χ4n) is 1.51. The molecule has 1 aromatic heterocycles. The maximum Gasteiger partial charge on any atom is 0.258 e. The highest BCUT2D eigenvalue weighted by Gasteiger charge is 2.14. The van der Waals surface area contributed by atoms with Crippen molar-refractivity contribution >= 4 is 23.2 Å². The van der Waals surface area contributed by atoms with Crippen LogP contribution in [0.25, 0.3) is 0 Å². The van der Waals surface area contributed by atoms with Crippen LogP contribution in [-0.4, -0.2) is 10.9 Å². The number of pyridine rings is 1. The van der Waals surface area contributed by atoms with Crippen LogP contribution in [0.3, 0.4) is 0 Å². The Hall–Kier alpha value is -2.01. The molecule has 0 saturated heterocycles. The fraction of sp³-hybridized carbons (Fsp3) is 0.0769.